The number of carbonyl (C=O) groups is 2. The predicted octanol–water partition coefficient (Wildman–Crippen LogP) is 2.36. The number of nitrogens with one attached hydrogen (secondary N) is 1. The fourth-order valence-corrected chi connectivity index (χ4v) is 2.66. The second-order valence-electron chi connectivity index (χ2n) is 3.80. The maximum absolute atomic E-state index is 11.4. The molecule has 21 heavy (non-hydrogen) atoms. The van der Waals surface area contributed by atoms with Gasteiger partial charge in [-0.1, -0.05) is 23.2 Å². The highest BCUT2D eigenvalue weighted by Gasteiger charge is 2.09. The van der Waals surface area contributed by atoms with Crippen molar-refractivity contribution in [3.05, 3.63) is 45.8 Å². The van der Waals surface area contributed by atoms with E-state index in [1.807, 2.05) is 0 Å². The molecule has 0 saturated carbocycles. The zero-order chi connectivity index (χ0) is 15.4. The molecule has 0 fully saturated rings. The molecule has 0 aliphatic rings. The minimum absolute atomic E-state index is 0.323. The van der Waals surface area contributed by atoms with Gasteiger partial charge in [0.1, 0.15) is 0 Å². The lowest BCUT2D eigenvalue weighted by molar-refractivity contribution is -0.297. The van der Waals surface area contributed by atoms with Crippen molar-refractivity contribution in [1.82, 2.24) is 4.98 Å². The van der Waals surface area contributed by atoms with Gasteiger partial charge in [0.05, 0.1) is 16.7 Å². The summed E-state index contributed by atoms with van der Waals surface area (Å²) >= 11 is 13.1. The van der Waals surface area contributed by atoms with Crippen LogP contribution in [0.15, 0.2) is 35.7 Å². The van der Waals surface area contributed by atoms with E-state index in [-0.39, 0.29) is 0 Å². The van der Waals surface area contributed by atoms with Crippen LogP contribution in [0.2, 0.25) is 10.0 Å². The smallest absolute Gasteiger partial charge is 0.250 e. The largest absolute Gasteiger partial charge is 0.545 e. The molecule has 0 aliphatic carbocycles. The number of anilines is 1. The number of thiazole rings is 1. The summed E-state index contributed by atoms with van der Waals surface area (Å²) in [6, 6.07) is 5.00. The highest BCUT2D eigenvalue weighted by molar-refractivity contribution is 7.14. The van der Waals surface area contributed by atoms with E-state index in [2.05, 4.69) is 10.3 Å². The van der Waals surface area contributed by atoms with Crippen LogP contribution in [0, 0.1) is 0 Å². The number of nitrogens with zero attached hydrogens (tertiary/aromatic N) is 1. The van der Waals surface area contributed by atoms with Crippen LogP contribution in [0.3, 0.4) is 0 Å². The van der Waals surface area contributed by atoms with Crippen molar-refractivity contribution in [1.29, 1.82) is 0 Å². The Labute approximate surface area is 133 Å². The maximum atomic E-state index is 11.4. The molecule has 0 spiro atoms. The summed E-state index contributed by atoms with van der Waals surface area (Å²) in [7, 11) is 0. The van der Waals surface area contributed by atoms with E-state index in [0.717, 1.165) is 6.08 Å². The van der Waals surface area contributed by atoms with Crippen molar-refractivity contribution < 1.29 is 14.7 Å². The molecule has 0 saturated heterocycles. The van der Waals surface area contributed by atoms with Crippen LogP contribution in [-0.2, 0) is 9.59 Å². The van der Waals surface area contributed by atoms with E-state index in [4.69, 9.17) is 23.2 Å². The fourth-order valence-electron chi connectivity index (χ4n) is 1.44. The minimum atomic E-state index is -1.45. The quantitative estimate of drug-likeness (QED) is 0.865. The average molecular weight is 342 g/mol. The Balaban J connectivity index is 2.15. The zero-order valence-electron chi connectivity index (χ0n) is 10.3. The number of carboxylic acids is 1. The van der Waals surface area contributed by atoms with Gasteiger partial charge < -0.3 is 9.90 Å². The highest BCUT2D eigenvalue weighted by Crippen LogP contribution is 2.32. The monoisotopic (exact) mass is 341 g/mol. The lowest BCUT2D eigenvalue weighted by Crippen LogP contribution is -2.20. The van der Waals surface area contributed by atoms with E-state index >= 15 is 0 Å². The minimum Gasteiger partial charge on any atom is -0.545 e. The van der Waals surface area contributed by atoms with Gasteiger partial charge in [0.15, 0.2) is 5.13 Å². The Morgan fingerprint density at radius 1 is 1.29 bits per heavy atom. The molecule has 0 unspecified atom stereocenters. The van der Waals surface area contributed by atoms with Gasteiger partial charge in [-0.25, -0.2) is 4.98 Å². The number of aromatic nitrogens is 1. The lowest BCUT2D eigenvalue weighted by atomic mass is 10.2. The molecule has 108 valence electrons. The van der Waals surface area contributed by atoms with E-state index in [1.165, 1.54) is 11.3 Å². The molecular weight excluding hydrogens is 335 g/mol. The first-order valence-electron chi connectivity index (χ1n) is 5.56. The van der Waals surface area contributed by atoms with Crippen molar-refractivity contribution in [2.75, 3.05) is 5.32 Å². The van der Waals surface area contributed by atoms with Gasteiger partial charge in [0.25, 0.3) is 0 Å². The van der Waals surface area contributed by atoms with Crippen LogP contribution in [0.4, 0.5) is 5.13 Å². The van der Waals surface area contributed by atoms with Crippen LogP contribution in [0.5, 0.6) is 0 Å². The predicted molar refractivity (Wildman–Crippen MR) is 80.3 cm³/mol. The fraction of sp³-hybridized carbons (Fsp3) is 0. The summed E-state index contributed by atoms with van der Waals surface area (Å²) in [5.74, 6) is -2.06. The van der Waals surface area contributed by atoms with Gasteiger partial charge in [-0.3, -0.25) is 10.1 Å². The summed E-state index contributed by atoms with van der Waals surface area (Å²) in [5.41, 5.74) is 1.27. The summed E-state index contributed by atoms with van der Waals surface area (Å²) in [5, 5.41) is 15.6. The Kier molecular flexibility index (Phi) is 4.95. The molecular formula is C13H7Cl2N2O3S-. The van der Waals surface area contributed by atoms with E-state index in [1.54, 1.807) is 23.6 Å². The Morgan fingerprint density at radius 3 is 2.71 bits per heavy atom. The molecule has 1 aromatic heterocycles. The lowest BCUT2D eigenvalue weighted by Gasteiger charge is -2.01. The molecule has 8 heteroatoms. The van der Waals surface area contributed by atoms with E-state index in [9.17, 15) is 14.7 Å². The molecule has 2 rings (SSSR count). The first kappa shape index (κ1) is 15.5. The first-order valence-corrected chi connectivity index (χ1v) is 7.20. The number of benzene rings is 1. The molecule has 1 aromatic carbocycles. The molecule has 0 aliphatic heterocycles. The molecule has 1 N–H and O–H groups in total. The second-order valence-corrected chi connectivity index (χ2v) is 5.51. The molecule has 2 aromatic rings. The number of hydrogen-bond donors (Lipinski definition) is 1. The van der Waals surface area contributed by atoms with E-state index in [0.29, 0.717) is 32.5 Å². The second kappa shape index (κ2) is 6.71. The topological polar surface area (TPSA) is 82.1 Å². The first-order chi connectivity index (χ1) is 9.95. The summed E-state index contributed by atoms with van der Waals surface area (Å²) < 4.78 is 0. The number of hydrogen-bond acceptors (Lipinski definition) is 5. The van der Waals surface area contributed by atoms with Crippen LogP contribution in [-0.4, -0.2) is 16.9 Å². The standard InChI is InChI=1S/C13H8Cl2N2O3S/c14-7-1-2-8(9(15)5-7)10-6-21-13(16-10)17-11(18)3-4-12(19)20/h1-6H,(H,19,20)(H,16,17,18)/p-1. The SMILES string of the molecule is O=C([O-])C=CC(=O)Nc1nc(-c2ccc(Cl)cc2Cl)cs1. The van der Waals surface area contributed by atoms with Gasteiger partial charge >= 0.3 is 0 Å². The highest BCUT2D eigenvalue weighted by atomic mass is 35.5. The van der Waals surface area contributed by atoms with Crippen molar-refractivity contribution in [2.45, 2.75) is 0 Å². The summed E-state index contributed by atoms with van der Waals surface area (Å²) in [6.45, 7) is 0. The number of rotatable bonds is 4. The third-order valence-electron chi connectivity index (χ3n) is 2.31. The van der Waals surface area contributed by atoms with Crippen molar-refractivity contribution in [3.63, 3.8) is 0 Å². The van der Waals surface area contributed by atoms with Crippen LogP contribution in [0.25, 0.3) is 11.3 Å². The molecule has 1 amide bonds. The number of amides is 1. The van der Waals surface area contributed by atoms with Gasteiger partial charge in [0, 0.05) is 22.0 Å². The maximum Gasteiger partial charge on any atom is 0.250 e. The normalized spacial score (nSPS) is 10.8. The molecule has 1 heterocycles. The molecule has 0 atom stereocenters. The number of carboxylic acid groups (broad SMARTS) is 1. The van der Waals surface area contributed by atoms with Crippen molar-refractivity contribution in [3.8, 4) is 11.3 Å². The van der Waals surface area contributed by atoms with Crippen LogP contribution in [0.1, 0.15) is 0 Å². The third kappa shape index (κ3) is 4.29. The molecule has 0 bridgehead atoms. The van der Waals surface area contributed by atoms with E-state index < -0.39 is 11.9 Å². The number of carbonyl (C=O) groups excluding carboxylic acids is 2. The Bertz CT molecular complexity index is 728. The van der Waals surface area contributed by atoms with Gasteiger partial charge in [-0.15, -0.1) is 11.3 Å². The van der Waals surface area contributed by atoms with Crippen LogP contribution < -0.4 is 10.4 Å². The van der Waals surface area contributed by atoms with Crippen LogP contribution >= 0.6 is 34.5 Å². The number of halogens is 2. The van der Waals surface area contributed by atoms with Gasteiger partial charge in [-0.05, 0) is 24.3 Å². The molecule has 0 radical (unpaired) electrons. The Hall–Kier alpha value is -1.89. The average Bonchev–Trinajstić information content (AvgIpc) is 2.84. The summed E-state index contributed by atoms with van der Waals surface area (Å²) in [6.07, 6.45) is 1.49. The van der Waals surface area contributed by atoms with Crippen molar-refractivity contribution in [2.24, 2.45) is 0 Å². The zero-order valence-corrected chi connectivity index (χ0v) is 12.6. The molecule has 5 nitrogen and oxygen atoms in total. The number of aliphatic carboxylic acids is 1. The van der Waals surface area contributed by atoms with Gasteiger partial charge in [-0.2, -0.15) is 0 Å². The van der Waals surface area contributed by atoms with Crippen molar-refractivity contribution >= 4 is 51.5 Å². The third-order valence-corrected chi connectivity index (χ3v) is 3.62. The summed E-state index contributed by atoms with van der Waals surface area (Å²) in [4.78, 5) is 25.8. The Morgan fingerprint density at radius 2 is 2.05 bits per heavy atom. The van der Waals surface area contributed by atoms with Gasteiger partial charge in [0.2, 0.25) is 5.91 Å².